The second kappa shape index (κ2) is 6.46. The highest BCUT2D eigenvalue weighted by Crippen LogP contribution is 2.27. The summed E-state index contributed by atoms with van der Waals surface area (Å²) in [5.41, 5.74) is 2.54. The number of rotatable bonds is 3. The van der Waals surface area contributed by atoms with Crippen LogP contribution < -0.4 is 0 Å². The number of nitriles is 1. The number of hydrogen-bond donors (Lipinski definition) is 0. The Balaban J connectivity index is 1.94. The van der Waals surface area contributed by atoms with Crippen molar-refractivity contribution in [1.29, 1.82) is 5.26 Å². The van der Waals surface area contributed by atoms with Crippen LogP contribution in [0.2, 0.25) is 0 Å². The fourth-order valence-corrected chi connectivity index (χ4v) is 2.37. The van der Waals surface area contributed by atoms with E-state index in [0.717, 1.165) is 15.6 Å². The van der Waals surface area contributed by atoms with E-state index in [9.17, 15) is 5.26 Å². The Bertz CT molecular complexity index is 839. The molecule has 1 aromatic heterocycles. The topological polar surface area (TPSA) is 36.9 Å². The van der Waals surface area contributed by atoms with Crippen LogP contribution in [0.5, 0.6) is 0 Å². The molecular weight excluding hydrogens is 338 g/mol. The average molecular weight is 350 g/mol. The van der Waals surface area contributed by atoms with Gasteiger partial charge in [0.05, 0.1) is 5.56 Å². The van der Waals surface area contributed by atoms with Crippen LogP contribution in [0.3, 0.4) is 0 Å². The summed E-state index contributed by atoms with van der Waals surface area (Å²) >= 11 is 3.41. The predicted octanol–water partition coefficient (Wildman–Crippen LogP) is 5.75. The molecule has 3 heteroatoms. The molecule has 0 aliphatic heterocycles. The third-order valence-corrected chi connectivity index (χ3v) is 3.77. The lowest BCUT2D eigenvalue weighted by Crippen LogP contribution is -1.73. The predicted molar refractivity (Wildman–Crippen MR) is 91.9 cm³/mol. The van der Waals surface area contributed by atoms with Gasteiger partial charge in [0.15, 0.2) is 0 Å². The molecule has 0 atom stereocenters. The smallest absolute Gasteiger partial charge is 0.145 e. The van der Waals surface area contributed by atoms with Crippen LogP contribution in [0.1, 0.15) is 16.9 Å². The van der Waals surface area contributed by atoms with Gasteiger partial charge in [0.1, 0.15) is 17.6 Å². The molecule has 22 heavy (non-hydrogen) atoms. The zero-order valence-electron chi connectivity index (χ0n) is 11.7. The summed E-state index contributed by atoms with van der Waals surface area (Å²) < 4.78 is 6.84. The van der Waals surface area contributed by atoms with Crippen molar-refractivity contribution in [2.24, 2.45) is 0 Å². The SMILES string of the molecule is N#Cc1cc(-c2ccc(Br)cc2)oc1/C=C/c1ccccc1. The van der Waals surface area contributed by atoms with Crippen LogP contribution in [0.4, 0.5) is 0 Å². The molecule has 0 bridgehead atoms. The number of benzene rings is 2. The molecular formula is C19H12BrNO. The Morgan fingerprint density at radius 3 is 2.36 bits per heavy atom. The highest BCUT2D eigenvalue weighted by atomic mass is 79.9. The molecule has 0 fully saturated rings. The van der Waals surface area contributed by atoms with E-state index < -0.39 is 0 Å². The Hall–Kier alpha value is -2.57. The summed E-state index contributed by atoms with van der Waals surface area (Å²) in [5.74, 6) is 1.26. The second-order valence-electron chi connectivity index (χ2n) is 4.75. The first kappa shape index (κ1) is 14.4. The van der Waals surface area contributed by atoms with E-state index >= 15 is 0 Å². The summed E-state index contributed by atoms with van der Waals surface area (Å²) in [7, 11) is 0. The molecule has 1 heterocycles. The summed E-state index contributed by atoms with van der Waals surface area (Å²) in [6.07, 6.45) is 3.77. The number of furan rings is 1. The first-order valence-electron chi connectivity index (χ1n) is 6.79. The van der Waals surface area contributed by atoms with Gasteiger partial charge in [-0.1, -0.05) is 64.5 Å². The van der Waals surface area contributed by atoms with E-state index in [1.807, 2.05) is 66.7 Å². The largest absolute Gasteiger partial charge is 0.455 e. The minimum Gasteiger partial charge on any atom is -0.455 e. The Labute approximate surface area is 137 Å². The van der Waals surface area contributed by atoms with Gasteiger partial charge in [0.2, 0.25) is 0 Å². The van der Waals surface area contributed by atoms with E-state index in [1.54, 1.807) is 6.07 Å². The fourth-order valence-electron chi connectivity index (χ4n) is 2.11. The lowest BCUT2D eigenvalue weighted by molar-refractivity contribution is 0.571. The minimum atomic E-state index is 0.532. The van der Waals surface area contributed by atoms with Crippen molar-refractivity contribution in [1.82, 2.24) is 0 Å². The van der Waals surface area contributed by atoms with Gasteiger partial charge < -0.3 is 4.42 Å². The molecule has 0 amide bonds. The van der Waals surface area contributed by atoms with Crippen molar-refractivity contribution >= 4 is 28.1 Å². The fraction of sp³-hybridized carbons (Fsp3) is 0. The van der Waals surface area contributed by atoms with Gasteiger partial charge in [-0.05, 0) is 23.8 Å². The normalized spacial score (nSPS) is 10.7. The van der Waals surface area contributed by atoms with Gasteiger partial charge in [-0.2, -0.15) is 5.26 Å². The average Bonchev–Trinajstić information content (AvgIpc) is 2.98. The van der Waals surface area contributed by atoms with Crippen molar-refractivity contribution in [3.8, 4) is 17.4 Å². The standard InChI is InChI=1S/C19H12BrNO/c20-17-9-7-15(8-10-17)19-12-16(13-21)18(22-19)11-6-14-4-2-1-3-5-14/h1-12H/b11-6+. The third kappa shape index (κ3) is 3.19. The van der Waals surface area contributed by atoms with Crippen LogP contribution in [-0.2, 0) is 0 Å². The molecule has 3 rings (SSSR count). The molecule has 0 saturated carbocycles. The van der Waals surface area contributed by atoms with Crippen LogP contribution in [0.15, 0.2) is 69.6 Å². The molecule has 106 valence electrons. The van der Waals surface area contributed by atoms with Gasteiger partial charge in [-0.3, -0.25) is 0 Å². The van der Waals surface area contributed by atoms with Gasteiger partial charge >= 0.3 is 0 Å². The summed E-state index contributed by atoms with van der Waals surface area (Å²) in [6.45, 7) is 0. The molecule has 2 aromatic carbocycles. The van der Waals surface area contributed by atoms with Gasteiger partial charge in [0, 0.05) is 16.1 Å². The van der Waals surface area contributed by atoms with Crippen LogP contribution in [0, 0.1) is 11.3 Å². The molecule has 0 spiro atoms. The lowest BCUT2D eigenvalue weighted by atomic mass is 10.1. The van der Waals surface area contributed by atoms with E-state index in [-0.39, 0.29) is 0 Å². The van der Waals surface area contributed by atoms with Crippen molar-refractivity contribution in [2.45, 2.75) is 0 Å². The van der Waals surface area contributed by atoms with E-state index in [2.05, 4.69) is 22.0 Å². The molecule has 0 unspecified atom stereocenters. The number of hydrogen-bond acceptors (Lipinski definition) is 2. The molecule has 0 radical (unpaired) electrons. The molecule has 0 aliphatic carbocycles. The van der Waals surface area contributed by atoms with Gasteiger partial charge in [-0.25, -0.2) is 0 Å². The zero-order valence-corrected chi connectivity index (χ0v) is 13.2. The zero-order chi connectivity index (χ0) is 15.4. The second-order valence-corrected chi connectivity index (χ2v) is 5.67. The van der Waals surface area contributed by atoms with Crippen molar-refractivity contribution < 1.29 is 4.42 Å². The third-order valence-electron chi connectivity index (χ3n) is 3.24. The molecule has 0 aliphatic rings. The Morgan fingerprint density at radius 1 is 0.955 bits per heavy atom. The maximum Gasteiger partial charge on any atom is 0.145 e. The van der Waals surface area contributed by atoms with E-state index in [4.69, 9.17) is 4.42 Å². The lowest BCUT2D eigenvalue weighted by Gasteiger charge is -1.96. The van der Waals surface area contributed by atoms with Crippen molar-refractivity contribution in [2.75, 3.05) is 0 Å². The maximum atomic E-state index is 9.27. The van der Waals surface area contributed by atoms with Gasteiger partial charge in [0.25, 0.3) is 0 Å². The number of nitrogens with zero attached hydrogens (tertiary/aromatic N) is 1. The molecule has 0 saturated heterocycles. The van der Waals surface area contributed by atoms with Crippen LogP contribution >= 0.6 is 15.9 Å². The van der Waals surface area contributed by atoms with E-state index in [1.165, 1.54) is 0 Å². The van der Waals surface area contributed by atoms with Crippen LogP contribution in [-0.4, -0.2) is 0 Å². The molecule has 3 aromatic rings. The monoisotopic (exact) mass is 349 g/mol. The maximum absolute atomic E-state index is 9.27. The summed E-state index contributed by atoms with van der Waals surface area (Å²) in [6, 6.07) is 21.7. The highest BCUT2D eigenvalue weighted by molar-refractivity contribution is 9.10. The van der Waals surface area contributed by atoms with Crippen molar-refractivity contribution in [3.63, 3.8) is 0 Å². The Kier molecular flexibility index (Phi) is 4.22. The summed E-state index contributed by atoms with van der Waals surface area (Å²) in [4.78, 5) is 0. The highest BCUT2D eigenvalue weighted by Gasteiger charge is 2.10. The minimum absolute atomic E-state index is 0.532. The quantitative estimate of drug-likeness (QED) is 0.603. The molecule has 2 nitrogen and oxygen atoms in total. The number of halogens is 1. The van der Waals surface area contributed by atoms with E-state index in [0.29, 0.717) is 17.1 Å². The molecule has 0 N–H and O–H groups in total. The van der Waals surface area contributed by atoms with Gasteiger partial charge in [-0.15, -0.1) is 0 Å². The van der Waals surface area contributed by atoms with Crippen LogP contribution in [0.25, 0.3) is 23.5 Å². The summed E-state index contributed by atoms with van der Waals surface area (Å²) in [5, 5.41) is 9.27. The first-order valence-corrected chi connectivity index (χ1v) is 7.58. The first-order chi connectivity index (χ1) is 10.8. The Morgan fingerprint density at radius 2 is 1.68 bits per heavy atom. The van der Waals surface area contributed by atoms with Crippen molar-refractivity contribution in [3.05, 3.63) is 82.0 Å².